The van der Waals surface area contributed by atoms with Crippen LogP contribution < -0.4 is 10.3 Å². The third kappa shape index (κ3) is 3.66. The summed E-state index contributed by atoms with van der Waals surface area (Å²) in [7, 11) is 0. The second-order valence-electron chi connectivity index (χ2n) is 7.00. The minimum Gasteiger partial charge on any atom is -0.476 e. The summed E-state index contributed by atoms with van der Waals surface area (Å²) in [4.78, 5) is 17.1. The molecule has 0 amide bonds. The zero-order valence-corrected chi connectivity index (χ0v) is 15.9. The van der Waals surface area contributed by atoms with Gasteiger partial charge >= 0.3 is 6.18 Å². The number of allylic oxidation sites excluding steroid dienone is 1. The number of fused-ring (bicyclic) bond motifs is 2. The molecule has 8 heteroatoms. The van der Waals surface area contributed by atoms with Crippen LogP contribution in [0.2, 0.25) is 0 Å². The second-order valence-corrected chi connectivity index (χ2v) is 7.00. The first kappa shape index (κ1) is 19.7. The Morgan fingerprint density at radius 1 is 1.23 bits per heavy atom. The fourth-order valence-electron chi connectivity index (χ4n) is 3.41. The average molecular weight is 411 g/mol. The standard InChI is InChI=1S/C22H16F3N3O2/c1-13(12-26)30-17-5-2-14(3-6-17)10-15-8-9-28-20(15)27-19-11-16(22(23,24)25)4-7-18(19)21(28)29/h2-7,10-11,13H,8-9H2,1H3/b15-10-. The van der Waals surface area contributed by atoms with Gasteiger partial charge in [0.25, 0.3) is 5.56 Å². The maximum absolute atomic E-state index is 13.0. The molecule has 0 aliphatic carbocycles. The number of hydrogen-bond donors (Lipinski definition) is 0. The molecule has 0 fully saturated rings. The molecule has 3 aromatic rings. The topological polar surface area (TPSA) is 67.9 Å². The fourth-order valence-corrected chi connectivity index (χ4v) is 3.41. The lowest BCUT2D eigenvalue weighted by Gasteiger charge is -2.10. The summed E-state index contributed by atoms with van der Waals surface area (Å²) in [5.74, 6) is 0.934. The number of aromatic nitrogens is 2. The van der Waals surface area contributed by atoms with Crippen molar-refractivity contribution in [3.63, 3.8) is 0 Å². The molecule has 0 spiro atoms. The van der Waals surface area contributed by atoms with Gasteiger partial charge in [0.2, 0.25) is 0 Å². The Morgan fingerprint density at radius 3 is 2.63 bits per heavy atom. The van der Waals surface area contributed by atoms with E-state index in [4.69, 9.17) is 10.00 Å². The molecule has 2 aromatic carbocycles. The van der Waals surface area contributed by atoms with E-state index in [1.165, 1.54) is 10.6 Å². The summed E-state index contributed by atoms with van der Waals surface area (Å²) in [6.45, 7) is 2.06. The monoisotopic (exact) mass is 411 g/mol. The molecule has 0 bridgehead atoms. The SMILES string of the molecule is CC(C#N)Oc1ccc(/C=C2/CCn3c2nc2cc(C(F)(F)F)ccc2c3=O)cc1. The summed E-state index contributed by atoms with van der Waals surface area (Å²) in [5, 5.41) is 8.98. The molecule has 30 heavy (non-hydrogen) atoms. The average Bonchev–Trinajstić information content (AvgIpc) is 3.11. The van der Waals surface area contributed by atoms with E-state index < -0.39 is 17.8 Å². The summed E-state index contributed by atoms with van der Waals surface area (Å²) in [5.41, 5.74) is 0.446. The second kappa shape index (κ2) is 7.34. The van der Waals surface area contributed by atoms with Crippen molar-refractivity contribution >= 4 is 22.6 Å². The largest absolute Gasteiger partial charge is 0.476 e. The van der Waals surface area contributed by atoms with Gasteiger partial charge in [-0.05, 0) is 60.9 Å². The van der Waals surface area contributed by atoms with Crippen molar-refractivity contribution < 1.29 is 17.9 Å². The van der Waals surface area contributed by atoms with E-state index in [1.54, 1.807) is 31.2 Å². The van der Waals surface area contributed by atoms with Gasteiger partial charge in [-0.3, -0.25) is 9.36 Å². The molecule has 1 unspecified atom stereocenters. The lowest BCUT2D eigenvalue weighted by atomic mass is 10.1. The Labute approximate surface area is 169 Å². The van der Waals surface area contributed by atoms with E-state index in [1.807, 2.05) is 12.1 Å². The van der Waals surface area contributed by atoms with Crippen LogP contribution in [0.15, 0.2) is 47.3 Å². The number of nitriles is 1. The number of hydrogen-bond acceptors (Lipinski definition) is 4. The highest BCUT2D eigenvalue weighted by atomic mass is 19.4. The molecule has 0 saturated heterocycles. The molecular weight excluding hydrogens is 395 g/mol. The summed E-state index contributed by atoms with van der Waals surface area (Å²) < 4.78 is 46.0. The van der Waals surface area contributed by atoms with Crippen LogP contribution in [0.3, 0.4) is 0 Å². The first-order chi connectivity index (χ1) is 14.3. The third-order valence-electron chi connectivity index (χ3n) is 4.89. The Hall–Kier alpha value is -3.60. The first-order valence-corrected chi connectivity index (χ1v) is 9.25. The zero-order chi connectivity index (χ0) is 21.5. The van der Waals surface area contributed by atoms with E-state index >= 15 is 0 Å². The van der Waals surface area contributed by atoms with E-state index in [2.05, 4.69) is 4.98 Å². The highest BCUT2D eigenvalue weighted by molar-refractivity contribution is 5.85. The Balaban J connectivity index is 1.72. The molecule has 1 aromatic heterocycles. The molecule has 0 saturated carbocycles. The van der Waals surface area contributed by atoms with Crippen LogP contribution in [-0.4, -0.2) is 15.7 Å². The highest BCUT2D eigenvalue weighted by Gasteiger charge is 2.31. The lowest BCUT2D eigenvalue weighted by Crippen LogP contribution is -2.21. The normalized spacial score (nSPS) is 15.8. The third-order valence-corrected chi connectivity index (χ3v) is 4.89. The van der Waals surface area contributed by atoms with Gasteiger partial charge in [0.05, 0.1) is 16.5 Å². The van der Waals surface area contributed by atoms with Gasteiger partial charge in [-0.25, -0.2) is 4.98 Å². The van der Waals surface area contributed by atoms with Gasteiger partial charge < -0.3 is 4.74 Å². The van der Waals surface area contributed by atoms with Crippen LogP contribution in [0.5, 0.6) is 5.75 Å². The van der Waals surface area contributed by atoms with Crippen molar-refractivity contribution in [2.24, 2.45) is 0 Å². The Morgan fingerprint density at radius 2 is 1.97 bits per heavy atom. The summed E-state index contributed by atoms with van der Waals surface area (Å²) in [6, 6.07) is 12.0. The number of benzene rings is 2. The predicted molar refractivity (Wildman–Crippen MR) is 106 cm³/mol. The first-order valence-electron chi connectivity index (χ1n) is 9.25. The van der Waals surface area contributed by atoms with Gasteiger partial charge in [-0.15, -0.1) is 0 Å². The Kier molecular flexibility index (Phi) is 4.82. The van der Waals surface area contributed by atoms with Crippen LogP contribution in [0.1, 0.15) is 30.3 Å². The zero-order valence-electron chi connectivity index (χ0n) is 15.9. The fraction of sp³-hybridized carbons (Fsp3) is 0.227. The molecular formula is C22H16F3N3O2. The van der Waals surface area contributed by atoms with Crippen LogP contribution in [0, 0.1) is 11.3 Å². The number of ether oxygens (including phenoxy) is 1. The van der Waals surface area contributed by atoms with Crippen molar-refractivity contribution in [2.45, 2.75) is 32.2 Å². The molecule has 5 nitrogen and oxygen atoms in total. The molecule has 1 aliphatic rings. The van der Waals surface area contributed by atoms with Crippen molar-refractivity contribution in [2.75, 3.05) is 0 Å². The minimum atomic E-state index is -4.50. The number of halogens is 3. The maximum Gasteiger partial charge on any atom is 0.416 e. The number of nitrogens with zero attached hydrogens (tertiary/aromatic N) is 3. The molecule has 1 aliphatic heterocycles. The molecule has 2 heterocycles. The van der Waals surface area contributed by atoms with Gasteiger partial charge in [0.15, 0.2) is 6.10 Å². The summed E-state index contributed by atoms with van der Waals surface area (Å²) >= 11 is 0. The van der Waals surface area contributed by atoms with E-state index in [-0.39, 0.29) is 16.5 Å². The predicted octanol–water partition coefficient (Wildman–Crippen LogP) is 4.65. The van der Waals surface area contributed by atoms with Crippen LogP contribution in [-0.2, 0) is 12.7 Å². The van der Waals surface area contributed by atoms with Crippen LogP contribution in [0.25, 0.3) is 22.6 Å². The Bertz CT molecular complexity index is 1250. The molecule has 0 radical (unpaired) electrons. The lowest BCUT2D eigenvalue weighted by molar-refractivity contribution is -0.137. The van der Waals surface area contributed by atoms with E-state index in [0.717, 1.165) is 23.3 Å². The smallest absolute Gasteiger partial charge is 0.416 e. The van der Waals surface area contributed by atoms with Crippen molar-refractivity contribution in [3.8, 4) is 11.8 Å². The van der Waals surface area contributed by atoms with Crippen molar-refractivity contribution in [3.05, 3.63) is 69.8 Å². The van der Waals surface area contributed by atoms with Gasteiger partial charge in [-0.2, -0.15) is 18.4 Å². The molecule has 152 valence electrons. The van der Waals surface area contributed by atoms with Gasteiger partial charge in [-0.1, -0.05) is 12.1 Å². The van der Waals surface area contributed by atoms with Crippen LogP contribution in [0.4, 0.5) is 13.2 Å². The quantitative estimate of drug-likeness (QED) is 0.629. The van der Waals surface area contributed by atoms with Crippen molar-refractivity contribution in [1.82, 2.24) is 9.55 Å². The molecule has 1 atom stereocenters. The maximum atomic E-state index is 13.0. The summed E-state index contributed by atoms with van der Waals surface area (Å²) in [6.07, 6.45) is -2.67. The molecule has 0 N–H and O–H groups in total. The van der Waals surface area contributed by atoms with Gasteiger partial charge in [0, 0.05) is 6.54 Å². The minimum absolute atomic E-state index is 0.0307. The number of alkyl halides is 3. The molecule has 4 rings (SSSR count). The van der Waals surface area contributed by atoms with Crippen LogP contribution >= 0.6 is 0 Å². The number of rotatable bonds is 3. The van der Waals surface area contributed by atoms with Crippen molar-refractivity contribution in [1.29, 1.82) is 5.26 Å². The van der Waals surface area contributed by atoms with E-state index in [0.29, 0.717) is 24.5 Å². The van der Waals surface area contributed by atoms with E-state index in [9.17, 15) is 18.0 Å². The highest BCUT2D eigenvalue weighted by Crippen LogP contribution is 2.32. The van der Waals surface area contributed by atoms with Gasteiger partial charge in [0.1, 0.15) is 17.6 Å².